The van der Waals surface area contributed by atoms with E-state index in [1.165, 1.54) is 0 Å². The van der Waals surface area contributed by atoms with Crippen LogP contribution >= 0.6 is 0 Å². The summed E-state index contributed by atoms with van der Waals surface area (Å²) in [6.45, 7) is 0.246. The Morgan fingerprint density at radius 1 is 1.42 bits per heavy atom. The largest absolute Gasteiger partial charge is 0.396 e. The number of carbonyl (C=O) groups excluding carboxylic acids is 2. The zero-order valence-electron chi connectivity index (χ0n) is 10.0. The lowest BCUT2D eigenvalue weighted by molar-refractivity contribution is -0.122. The summed E-state index contributed by atoms with van der Waals surface area (Å²) in [4.78, 5) is 22.8. The van der Waals surface area contributed by atoms with Gasteiger partial charge in [-0.15, -0.1) is 0 Å². The minimum atomic E-state index is -1.07. The molecule has 2 amide bonds. The molecule has 1 saturated heterocycles. The van der Waals surface area contributed by atoms with Crippen LogP contribution in [0, 0.1) is 11.6 Å². The van der Waals surface area contributed by atoms with Crippen molar-refractivity contribution in [2.75, 3.05) is 12.3 Å². The normalized spacial score (nSPS) is 18.8. The molecule has 0 aromatic heterocycles. The van der Waals surface area contributed by atoms with Gasteiger partial charge in [-0.2, -0.15) is 0 Å². The number of anilines is 1. The highest BCUT2D eigenvalue weighted by atomic mass is 19.1. The molecule has 7 heteroatoms. The van der Waals surface area contributed by atoms with Gasteiger partial charge in [-0.3, -0.25) is 9.59 Å². The number of nitrogens with two attached hydrogens (primary N) is 1. The highest BCUT2D eigenvalue weighted by Gasteiger charge is 2.24. The average molecular weight is 269 g/mol. The number of halogens is 2. The van der Waals surface area contributed by atoms with Crippen molar-refractivity contribution in [3.05, 3.63) is 29.3 Å². The van der Waals surface area contributed by atoms with E-state index in [1.54, 1.807) is 0 Å². The lowest BCUT2D eigenvalue weighted by Crippen LogP contribution is -2.48. The van der Waals surface area contributed by atoms with Crippen molar-refractivity contribution >= 4 is 17.5 Å². The van der Waals surface area contributed by atoms with Crippen LogP contribution < -0.4 is 16.4 Å². The highest BCUT2D eigenvalue weighted by Crippen LogP contribution is 2.19. The summed E-state index contributed by atoms with van der Waals surface area (Å²) >= 11 is 0. The fraction of sp³-hybridized carbons (Fsp3) is 0.333. The van der Waals surface area contributed by atoms with Crippen LogP contribution in [0.5, 0.6) is 0 Å². The van der Waals surface area contributed by atoms with E-state index in [4.69, 9.17) is 5.73 Å². The van der Waals surface area contributed by atoms with Crippen LogP contribution in [0.15, 0.2) is 12.1 Å². The van der Waals surface area contributed by atoms with Gasteiger partial charge in [0.25, 0.3) is 5.91 Å². The number of benzene rings is 1. The van der Waals surface area contributed by atoms with Crippen molar-refractivity contribution < 1.29 is 18.4 Å². The van der Waals surface area contributed by atoms with Crippen molar-refractivity contribution in [2.24, 2.45) is 0 Å². The van der Waals surface area contributed by atoms with Gasteiger partial charge in [-0.1, -0.05) is 0 Å². The number of amides is 2. The molecule has 1 aromatic rings. The molecule has 1 fully saturated rings. The second kappa shape index (κ2) is 5.21. The van der Waals surface area contributed by atoms with Crippen molar-refractivity contribution in [1.29, 1.82) is 0 Å². The molecule has 0 bridgehead atoms. The Bertz CT molecular complexity index is 524. The maximum atomic E-state index is 13.6. The van der Waals surface area contributed by atoms with Crippen LogP contribution in [-0.4, -0.2) is 24.4 Å². The molecule has 0 spiro atoms. The molecule has 2 rings (SSSR count). The van der Waals surface area contributed by atoms with Gasteiger partial charge in [-0.05, 0) is 18.6 Å². The van der Waals surface area contributed by atoms with Gasteiger partial charge in [-0.25, -0.2) is 8.78 Å². The third-order valence-electron chi connectivity index (χ3n) is 2.95. The topological polar surface area (TPSA) is 84.2 Å². The predicted molar refractivity (Wildman–Crippen MR) is 64.3 cm³/mol. The first kappa shape index (κ1) is 13.3. The molecule has 4 N–H and O–H groups in total. The van der Waals surface area contributed by atoms with Crippen molar-refractivity contribution in [2.45, 2.75) is 18.9 Å². The minimum Gasteiger partial charge on any atom is -0.396 e. The van der Waals surface area contributed by atoms with E-state index in [1.807, 2.05) is 0 Å². The molecule has 0 aliphatic carbocycles. The van der Waals surface area contributed by atoms with Crippen molar-refractivity contribution in [1.82, 2.24) is 10.6 Å². The van der Waals surface area contributed by atoms with Crippen molar-refractivity contribution in [3.8, 4) is 0 Å². The van der Waals surface area contributed by atoms with Gasteiger partial charge >= 0.3 is 0 Å². The molecule has 1 aliphatic heterocycles. The molecule has 1 heterocycles. The van der Waals surface area contributed by atoms with Gasteiger partial charge in [0.1, 0.15) is 11.4 Å². The van der Waals surface area contributed by atoms with Crippen LogP contribution in [-0.2, 0) is 4.79 Å². The molecular formula is C12H13F2N3O2. The van der Waals surface area contributed by atoms with Gasteiger partial charge in [0.15, 0.2) is 5.82 Å². The number of piperidine rings is 1. The molecule has 0 radical (unpaired) electrons. The Balaban J connectivity index is 2.12. The molecule has 19 heavy (non-hydrogen) atoms. The van der Waals surface area contributed by atoms with Gasteiger partial charge in [0.05, 0.1) is 5.69 Å². The summed E-state index contributed by atoms with van der Waals surface area (Å²) in [5.41, 5.74) is 4.31. The first-order valence-electron chi connectivity index (χ1n) is 5.80. The molecule has 1 unspecified atom stereocenters. The molecule has 0 saturated carbocycles. The Hall–Kier alpha value is -2.18. The zero-order chi connectivity index (χ0) is 14.0. The number of rotatable bonds is 2. The Labute approximate surface area is 108 Å². The maximum Gasteiger partial charge on any atom is 0.257 e. The number of nitrogen functional groups attached to an aromatic ring is 1. The summed E-state index contributed by atoms with van der Waals surface area (Å²) in [5.74, 6) is -3.02. The Kier molecular flexibility index (Phi) is 3.64. The monoisotopic (exact) mass is 269 g/mol. The fourth-order valence-corrected chi connectivity index (χ4v) is 1.89. The second-order valence-corrected chi connectivity index (χ2v) is 4.34. The third-order valence-corrected chi connectivity index (χ3v) is 2.95. The number of nitrogens with one attached hydrogen (secondary N) is 2. The number of carbonyl (C=O) groups is 2. The molecule has 5 nitrogen and oxygen atoms in total. The summed E-state index contributed by atoms with van der Waals surface area (Å²) in [5, 5.41) is 5.04. The lowest BCUT2D eigenvalue weighted by atomic mass is 10.1. The molecule has 1 aliphatic rings. The summed E-state index contributed by atoms with van der Waals surface area (Å²) in [6, 6.07) is 1.66. The van der Waals surface area contributed by atoms with Crippen molar-refractivity contribution in [3.63, 3.8) is 0 Å². The van der Waals surface area contributed by atoms with E-state index in [9.17, 15) is 18.4 Å². The van der Waals surface area contributed by atoms with Crippen LogP contribution in [0.25, 0.3) is 0 Å². The third kappa shape index (κ3) is 2.81. The number of hydrogen-bond acceptors (Lipinski definition) is 3. The van der Waals surface area contributed by atoms with Gasteiger partial charge < -0.3 is 16.4 Å². The summed E-state index contributed by atoms with van der Waals surface area (Å²) in [6.07, 6.45) is 0.704. The smallest absolute Gasteiger partial charge is 0.257 e. The second-order valence-electron chi connectivity index (χ2n) is 4.34. The van der Waals surface area contributed by atoms with E-state index in [0.717, 1.165) is 12.1 Å². The molecular weight excluding hydrogens is 256 g/mol. The highest BCUT2D eigenvalue weighted by molar-refractivity contribution is 5.96. The van der Waals surface area contributed by atoms with Crippen LogP contribution in [0.4, 0.5) is 14.5 Å². The molecule has 102 valence electrons. The van der Waals surface area contributed by atoms with Crippen LogP contribution in [0.1, 0.15) is 23.2 Å². The maximum absolute atomic E-state index is 13.6. The molecule has 1 atom stereocenters. The number of hydrogen-bond donors (Lipinski definition) is 3. The lowest BCUT2D eigenvalue weighted by Gasteiger charge is -2.23. The van der Waals surface area contributed by atoms with Gasteiger partial charge in [0.2, 0.25) is 5.91 Å². The minimum absolute atomic E-state index is 0.105. The Morgan fingerprint density at radius 3 is 2.79 bits per heavy atom. The Morgan fingerprint density at radius 2 is 2.16 bits per heavy atom. The predicted octanol–water partition coefficient (Wildman–Crippen LogP) is 0.555. The van der Waals surface area contributed by atoms with E-state index in [2.05, 4.69) is 10.6 Å². The van der Waals surface area contributed by atoms with E-state index in [0.29, 0.717) is 6.42 Å². The van der Waals surface area contributed by atoms with E-state index in [-0.39, 0.29) is 30.6 Å². The quantitative estimate of drug-likeness (QED) is 0.686. The average Bonchev–Trinajstić information content (AvgIpc) is 2.37. The fourth-order valence-electron chi connectivity index (χ4n) is 1.89. The van der Waals surface area contributed by atoms with E-state index >= 15 is 0 Å². The summed E-state index contributed by atoms with van der Waals surface area (Å²) < 4.78 is 27.1. The van der Waals surface area contributed by atoms with Gasteiger partial charge in [0, 0.05) is 19.0 Å². The standard InChI is InChI=1S/C12H13F2N3O2/c13-7-2-3-8(15)11(14)10(7)12(19)17-6-1-4-9(18)16-5-6/h2-3,6H,1,4-5,15H2,(H,16,18)(H,17,19). The first-order chi connectivity index (χ1) is 8.99. The van der Waals surface area contributed by atoms with Crippen LogP contribution in [0.3, 0.4) is 0 Å². The molecule has 1 aromatic carbocycles. The zero-order valence-corrected chi connectivity index (χ0v) is 10.0. The first-order valence-corrected chi connectivity index (χ1v) is 5.80. The van der Waals surface area contributed by atoms with E-state index < -0.39 is 23.1 Å². The van der Waals surface area contributed by atoms with Crippen LogP contribution in [0.2, 0.25) is 0 Å². The summed E-state index contributed by atoms with van der Waals surface area (Å²) in [7, 11) is 0. The SMILES string of the molecule is Nc1ccc(F)c(C(=O)NC2CCC(=O)NC2)c1F.